The van der Waals surface area contributed by atoms with Gasteiger partial charge in [-0.1, -0.05) is 39.3 Å². The molecule has 1 aromatic rings. The summed E-state index contributed by atoms with van der Waals surface area (Å²) in [6.07, 6.45) is -46.0. The lowest BCUT2D eigenvalue weighted by atomic mass is 9.33. The molecule has 18 N–H and O–H groups in total. The Morgan fingerprint density at radius 3 is 1.69 bits per heavy atom. The van der Waals surface area contributed by atoms with Crippen molar-refractivity contribution in [2.45, 2.75) is 290 Å². The molecule has 0 spiro atoms. The number of carbonyl (C=O) groups is 3. The number of hydrogen-bond donors (Lipinski definition) is 18. The molecule has 37 nitrogen and oxygen atoms in total. The molecule has 640 valence electrons. The average molecular weight is 1620 g/mol. The molecule has 5 aliphatic carbocycles. The minimum Gasteiger partial charge on any atom is -0.493 e. The Labute approximate surface area is 651 Å². The van der Waals surface area contributed by atoms with Crippen molar-refractivity contribution in [3.63, 3.8) is 0 Å². The van der Waals surface area contributed by atoms with Crippen LogP contribution in [0.1, 0.15) is 112 Å². The van der Waals surface area contributed by atoms with Crippen LogP contribution in [0.2, 0.25) is 0 Å². The molecule has 6 aliphatic heterocycles. The third-order valence-electron chi connectivity index (χ3n) is 27.1. The topological polar surface area (TPSA) is 563 Å². The highest BCUT2D eigenvalue weighted by atomic mass is 16.8. The number of hydrogen-bond acceptors (Lipinski definition) is 36. The number of carbonyl (C=O) groups excluding carboxylic acids is 2. The Morgan fingerprint density at radius 1 is 0.513 bits per heavy atom. The molecular formula is C76H114O37. The van der Waals surface area contributed by atoms with Crippen molar-refractivity contribution in [1.82, 2.24) is 0 Å². The van der Waals surface area contributed by atoms with Gasteiger partial charge in [0, 0.05) is 11.5 Å². The second-order valence-corrected chi connectivity index (χ2v) is 34.0. The fourth-order valence-corrected chi connectivity index (χ4v) is 20.7. The second-order valence-electron chi connectivity index (χ2n) is 34.0. The fraction of sp³-hybridized carbons (Fsp3) is 0.829. The molecule has 4 saturated carbocycles. The van der Waals surface area contributed by atoms with E-state index >= 15 is 4.79 Å². The van der Waals surface area contributed by atoms with Gasteiger partial charge in [0.05, 0.1) is 83.5 Å². The molecule has 0 unspecified atom stereocenters. The van der Waals surface area contributed by atoms with Crippen LogP contribution in [0.15, 0.2) is 29.9 Å². The van der Waals surface area contributed by atoms with Crippen molar-refractivity contribution in [3.8, 4) is 17.2 Å². The van der Waals surface area contributed by atoms with Crippen LogP contribution in [-0.4, -0.2) is 348 Å². The molecule has 12 rings (SSSR count). The van der Waals surface area contributed by atoms with Crippen molar-refractivity contribution in [3.05, 3.63) is 35.4 Å². The lowest BCUT2D eigenvalue weighted by molar-refractivity contribution is -0.384. The molecule has 6 saturated heterocycles. The predicted molar refractivity (Wildman–Crippen MR) is 377 cm³/mol. The van der Waals surface area contributed by atoms with Gasteiger partial charge in [0.25, 0.3) is 0 Å². The van der Waals surface area contributed by atoms with Crippen LogP contribution in [0.25, 0.3) is 6.08 Å². The maximum Gasteiger partial charge on any atom is 0.331 e. The largest absolute Gasteiger partial charge is 0.493 e. The lowest BCUT2D eigenvalue weighted by Gasteiger charge is -2.71. The highest BCUT2D eigenvalue weighted by Gasteiger charge is 2.74. The monoisotopic (exact) mass is 1620 g/mol. The van der Waals surface area contributed by atoms with Crippen LogP contribution in [0, 0.1) is 50.2 Å². The lowest BCUT2D eigenvalue weighted by Crippen LogP contribution is -2.71. The van der Waals surface area contributed by atoms with E-state index < -0.39 is 285 Å². The summed E-state index contributed by atoms with van der Waals surface area (Å²) >= 11 is 0. The van der Waals surface area contributed by atoms with Gasteiger partial charge in [0.2, 0.25) is 12.0 Å². The highest BCUT2D eigenvalue weighted by molar-refractivity contribution is 5.87. The van der Waals surface area contributed by atoms with E-state index in [1.54, 1.807) is 12.1 Å². The number of allylic oxidation sites excluding steroid dienone is 1. The van der Waals surface area contributed by atoms with E-state index in [4.69, 9.17) is 75.8 Å². The normalized spacial score (nSPS) is 48.5. The number of benzene rings is 1. The summed E-state index contributed by atoms with van der Waals surface area (Å²) in [6, 6.07) is 3.12. The Bertz CT molecular complexity index is 3520. The number of aliphatic carboxylic acids is 1. The molecule has 0 aromatic heterocycles. The molecule has 37 heteroatoms. The van der Waals surface area contributed by atoms with Crippen molar-refractivity contribution >= 4 is 24.0 Å². The van der Waals surface area contributed by atoms with Crippen LogP contribution < -0.4 is 14.2 Å². The minimum atomic E-state index is -2.15. The first-order valence-corrected chi connectivity index (χ1v) is 38.6. The van der Waals surface area contributed by atoms with Gasteiger partial charge in [-0.2, -0.15) is 0 Å². The molecule has 0 bridgehead atoms. The number of fused-ring (bicyclic) bond motifs is 7. The summed E-state index contributed by atoms with van der Waals surface area (Å²) < 4.78 is 94.2. The van der Waals surface area contributed by atoms with E-state index in [9.17, 15) is 102 Å². The molecule has 1 aromatic carbocycles. The smallest absolute Gasteiger partial charge is 0.331 e. The Kier molecular flexibility index (Phi) is 26.3. The van der Waals surface area contributed by atoms with Gasteiger partial charge in [-0.05, 0) is 136 Å². The van der Waals surface area contributed by atoms with E-state index in [1.807, 2.05) is 13.0 Å². The summed E-state index contributed by atoms with van der Waals surface area (Å²) in [5, 5.41) is 202. The zero-order valence-electron chi connectivity index (χ0n) is 64.6. The van der Waals surface area contributed by atoms with E-state index in [0.717, 1.165) is 11.6 Å². The molecular weight excluding hydrogens is 1500 g/mol. The molecule has 113 heavy (non-hydrogen) atoms. The highest BCUT2D eigenvalue weighted by Crippen LogP contribution is 2.76. The summed E-state index contributed by atoms with van der Waals surface area (Å²) in [6.45, 7) is 9.24. The number of ether oxygens (including phenoxy) is 16. The molecule has 0 amide bonds. The molecule has 38 atom stereocenters. The maximum atomic E-state index is 16.1. The first-order valence-electron chi connectivity index (χ1n) is 38.6. The standard InChI is InChI=1S/C76H114O37/c1-30-56(108-64-55(94)58(37(82)28-102-64)109-66-53(92)49(88)60(41(26-78)106-66)110-63-50(89)45(84)36(81)27-101-63)48(87)52(91)65(103-30)111-61-54(93)57(107-44(83)14-11-32-21-38(98-8)59(100-10)39(22-32)99-9)31(2)104-68(61)113-70(97)75-18-17-71(3,4)23-34(75)33-12-13-42-72(5)24-35(80)62(112-67-51(90)47(86)46(85)40(25-77)105-67)74(7,69(95)96)43(72)15-16-73(42,6)76(33,29-79)20-19-75/h11-12,14,21-22,30-31,34-37,40-43,45-58,60-68,77-82,84-94H,13,15-20,23-29H2,1-10H3,(H,95,96)/b14-11+/t30-,31+,34-,35-,36-,37+,40+,41+,42+,43+,45-,46+,47-,48-,49+,50+,51+,52+,53+,54-,55+,56-,57-,58-,60-,61+,62-,63-,64-,65-,66-,67-,68-,72+,73+,74-,75-,76-/m0/s1. The van der Waals surface area contributed by atoms with Crippen molar-refractivity contribution in [2.24, 2.45) is 50.2 Å². The number of aliphatic hydroxyl groups excluding tert-OH is 17. The van der Waals surface area contributed by atoms with Gasteiger partial charge < -0.3 is 168 Å². The fourth-order valence-electron chi connectivity index (χ4n) is 20.7. The Morgan fingerprint density at radius 2 is 1.06 bits per heavy atom. The molecule has 11 aliphatic rings. The zero-order valence-corrected chi connectivity index (χ0v) is 64.6. The average Bonchev–Trinajstić information content (AvgIpc) is 0.667. The van der Waals surface area contributed by atoms with E-state index in [0.29, 0.717) is 31.2 Å². The number of aliphatic hydroxyl groups is 17. The van der Waals surface area contributed by atoms with Crippen LogP contribution >= 0.6 is 0 Å². The molecule has 10 fully saturated rings. The van der Waals surface area contributed by atoms with Crippen LogP contribution in [0.4, 0.5) is 0 Å². The molecule has 0 radical (unpaired) electrons. The van der Waals surface area contributed by atoms with Crippen molar-refractivity contribution in [1.29, 1.82) is 0 Å². The third-order valence-corrected chi connectivity index (χ3v) is 27.1. The van der Waals surface area contributed by atoms with Crippen molar-refractivity contribution in [2.75, 3.05) is 54.4 Å². The SMILES string of the molecule is COc1cc(/C=C/C(=O)O[C@@H]2[C@H](O)[C@@H](O[C@@H]3O[C@@H](C)[C@H](O[C@@H]4OC[C@@H](O)[C@H](O[C@@H]5O[C@H](CO)[C@H](O[C@@H]6OC[C@H](O)[C@H](O)[C@H]6O)[C@H](O)[C@H]5O)[C@H]4O)[C@@H](O)[C@H]3O)[C@H](OC(=O)[C@]34CCC(C)(C)C[C@H]3C3=CC[C@@H]5[C@@]6(C)C[C@H](O)[C@H](O[C@@H]7O[C@H](CO)[C@@H](O)[C@H](O)[C@H]7O)[C@@](C)(C(=O)O)[C@@H]6CC[C@@]5(C)[C@]3(CO)CC4)O[C@@H]2C)cc(OC)c1OC. The van der Waals surface area contributed by atoms with Gasteiger partial charge in [0.1, 0.15) is 116 Å². The zero-order chi connectivity index (χ0) is 82.4. The summed E-state index contributed by atoms with van der Waals surface area (Å²) in [5.41, 5.74) is -5.33. The van der Waals surface area contributed by atoms with Crippen molar-refractivity contribution < 1.29 is 182 Å². The number of methoxy groups -OCH3 is 3. The number of rotatable bonds is 22. The summed E-state index contributed by atoms with van der Waals surface area (Å²) in [7, 11) is 4.23. The number of carboxylic acids is 1. The minimum absolute atomic E-state index is 0.0151. The predicted octanol–water partition coefficient (Wildman–Crippen LogP) is -3.76. The second kappa shape index (κ2) is 33.9. The Hall–Kier alpha value is -4.61. The maximum absolute atomic E-state index is 16.1. The quantitative estimate of drug-likeness (QED) is 0.0229. The summed E-state index contributed by atoms with van der Waals surface area (Å²) in [5.74, 6) is -4.08. The van der Waals surface area contributed by atoms with Gasteiger partial charge >= 0.3 is 17.9 Å². The molecule has 6 heterocycles. The van der Waals surface area contributed by atoms with Crippen LogP contribution in [0.5, 0.6) is 17.2 Å². The van der Waals surface area contributed by atoms with Crippen LogP contribution in [-0.2, 0) is 76.0 Å². The first-order chi connectivity index (χ1) is 53.3. The van der Waals surface area contributed by atoms with E-state index in [-0.39, 0.29) is 49.4 Å². The van der Waals surface area contributed by atoms with Gasteiger partial charge in [-0.25, -0.2) is 4.79 Å². The van der Waals surface area contributed by atoms with Gasteiger partial charge in [-0.3, -0.25) is 9.59 Å². The third kappa shape index (κ3) is 15.5. The first kappa shape index (κ1) is 87.7. The number of carboxylic acid groups (broad SMARTS) is 1. The van der Waals surface area contributed by atoms with Gasteiger partial charge in [-0.15, -0.1) is 0 Å². The van der Waals surface area contributed by atoms with E-state index in [2.05, 4.69) is 20.8 Å². The summed E-state index contributed by atoms with van der Waals surface area (Å²) in [4.78, 5) is 44.0. The van der Waals surface area contributed by atoms with Gasteiger partial charge in [0.15, 0.2) is 55.2 Å². The number of esters is 2. The van der Waals surface area contributed by atoms with E-state index in [1.165, 1.54) is 48.2 Å². The Balaban J connectivity index is 0.793. The van der Waals surface area contributed by atoms with Crippen LogP contribution in [0.3, 0.4) is 0 Å².